The first-order valence-corrected chi connectivity index (χ1v) is 2.19. The molecule has 0 aliphatic carbocycles. The van der Waals surface area contributed by atoms with Crippen LogP contribution in [0.1, 0.15) is 0 Å². The Morgan fingerprint density at radius 2 is 1.12 bits per heavy atom. The van der Waals surface area contributed by atoms with Crippen LogP contribution in [0.25, 0.3) is 0 Å². The Labute approximate surface area is 135 Å². The van der Waals surface area contributed by atoms with Crippen molar-refractivity contribution in [1.82, 2.24) is 0 Å². The van der Waals surface area contributed by atoms with Crippen molar-refractivity contribution in [3.8, 4) is 0 Å². The predicted octanol–water partition coefficient (Wildman–Crippen LogP) is -7.39. The largest absolute Gasteiger partial charge is 2.00 e. The van der Waals surface area contributed by atoms with Crippen molar-refractivity contribution in [3.05, 3.63) is 0 Å². The number of hydrogen-bond donors (Lipinski definition) is 0. The first-order chi connectivity index (χ1) is 2.00. The second kappa shape index (κ2) is 10.7. The smallest absolute Gasteiger partial charge is 1.00 e. The maximum atomic E-state index is 8.55. The van der Waals surface area contributed by atoms with Crippen LogP contribution in [0.5, 0.6) is 0 Å². The second-order valence-corrected chi connectivity index (χ2v) is 1.34. The van der Waals surface area contributed by atoms with E-state index in [9.17, 15) is 0 Å². The van der Waals surface area contributed by atoms with Crippen molar-refractivity contribution < 1.29 is 77.4 Å². The summed E-state index contributed by atoms with van der Waals surface area (Å²) in [5.74, 6) is 0. The molecule has 4 nitrogen and oxygen atoms in total. The summed E-state index contributed by atoms with van der Waals surface area (Å²) in [7, 11) is -5.39. The summed E-state index contributed by atoms with van der Waals surface area (Å²) in [6, 6.07) is 0. The van der Waals surface area contributed by atoms with Crippen LogP contribution >= 0.6 is 7.82 Å². The van der Waals surface area contributed by atoms with E-state index >= 15 is 0 Å². The minimum absolute atomic E-state index is 0. The van der Waals surface area contributed by atoms with Crippen molar-refractivity contribution in [2.75, 3.05) is 0 Å². The Morgan fingerprint density at radius 3 is 1.12 bits per heavy atom. The Kier molecular flexibility index (Phi) is 30.3. The minimum Gasteiger partial charge on any atom is 1.00 e. The minimum atomic E-state index is -5.39. The van der Waals surface area contributed by atoms with Gasteiger partial charge in [-0.05, 0) is 0 Å². The fourth-order valence-corrected chi connectivity index (χ4v) is 0. The fraction of sp³-hybridized carbons (Fsp3) is 0. The number of rotatable bonds is 0. The number of hydrogen-bond acceptors (Lipinski definition) is 4. The molecule has 0 N–H and O–H groups in total. The van der Waals surface area contributed by atoms with Crippen LogP contribution in [0.2, 0.25) is 0 Å². The molecule has 2 radical (unpaired) electrons. The van der Waals surface area contributed by atoms with Crippen LogP contribution in [0, 0.1) is 0 Å². The molecule has 0 spiro atoms. The van der Waals surface area contributed by atoms with Crippen molar-refractivity contribution in [3.63, 3.8) is 0 Å². The maximum Gasteiger partial charge on any atom is 2.00 e. The zero-order valence-electron chi connectivity index (χ0n) is 4.29. The van der Waals surface area contributed by atoms with Gasteiger partial charge >= 0.3 is 112 Å². The molecule has 0 unspecified atom stereocenters. The van der Waals surface area contributed by atoms with Gasteiger partial charge in [0.15, 0.2) is 0 Å². The SMILES string of the molecule is O=P([O-])([O-])[O-].[BiH3].[Pb+2].[Rb+]. The monoisotopic (exact) mass is 600 g/mol. The van der Waals surface area contributed by atoms with Crippen LogP contribution in [0.4, 0.5) is 0 Å². The normalized spacial score (nSPS) is 7.38. The van der Waals surface area contributed by atoms with Gasteiger partial charge in [0.25, 0.3) is 0 Å². The topological polar surface area (TPSA) is 86.2 Å². The molecule has 0 aliphatic heterocycles. The van der Waals surface area contributed by atoms with Gasteiger partial charge in [0.2, 0.25) is 0 Å². The van der Waals surface area contributed by atoms with Gasteiger partial charge in [0.05, 0.1) is 0 Å². The van der Waals surface area contributed by atoms with E-state index in [-0.39, 0.29) is 112 Å². The summed E-state index contributed by atoms with van der Waals surface area (Å²) in [6.45, 7) is 0. The molecular formula is H3BiO4PPbRb. The van der Waals surface area contributed by atoms with Gasteiger partial charge < -0.3 is 19.2 Å². The quantitative estimate of drug-likeness (QED) is 0.205. The molecule has 42 valence electrons. The number of phosphoric acid groups is 1. The predicted molar refractivity (Wildman–Crippen MR) is 23.3 cm³/mol. The average Bonchev–Trinajstić information content (AvgIpc) is 0.722. The fourth-order valence-electron chi connectivity index (χ4n) is 0. The molecule has 0 atom stereocenters. The van der Waals surface area contributed by atoms with E-state index in [1.807, 2.05) is 0 Å². The first-order valence-electron chi connectivity index (χ1n) is 0.730. The summed E-state index contributed by atoms with van der Waals surface area (Å²) in [4.78, 5) is 25.6. The molecule has 0 fully saturated rings. The molecule has 0 rings (SSSR count). The zero-order chi connectivity index (χ0) is 4.50. The van der Waals surface area contributed by atoms with Crippen LogP contribution in [0.3, 0.4) is 0 Å². The summed E-state index contributed by atoms with van der Waals surface area (Å²) in [6.07, 6.45) is 0. The van der Waals surface area contributed by atoms with E-state index in [0.717, 1.165) is 0 Å². The molecular weight excluding hydrogens is 597 g/mol. The van der Waals surface area contributed by atoms with E-state index in [1.165, 1.54) is 0 Å². The molecule has 0 aromatic heterocycles. The van der Waals surface area contributed by atoms with E-state index in [1.54, 1.807) is 0 Å². The van der Waals surface area contributed by atoms with Crippen molar-refractivity contribution in [2.24, 2.45) is 0 Å². The van der Waals surface area contributed by atoms with Crippen molar-refractivity contribution in [1.29, 1.82) is 0 Å². The zero-order valence-corrected chi connectivity index (χ0v) is 19.5. The maximum absolute atomic E-state index is 8.55. The van der Waals surface area contributed by atoms with Crippen LogP contribution in [-0.4, -0.2) is 53.5 Å². The van der Waals surface area contributed by atoms with E-state index in [0.29, 0.717) is 0 Å². The Bertz CT molecular complexity index is 62.2. The Balaban J connectivity index is -0.0000000267. The van der Waals surface area contributed by atoms with Gasteiger partial charge in [-0.2, -0.15) is 7.82 Å². The van der Waals surface area contributed by atoms with Gasteiger partial charge in [-0.1, -0.05) is 0 Å². The third-order valence-corrected chi connectivity index (χ3v) is 0. The molecule has 0 saturated heterocycles. The van der Waals surface area contributed by atoms with Gasteiger partial charge in [0.1, 0.15) is 0 Å². The van der Waals surface area contributed by atoms with Gasteiger partial charge in [0, 0.05) is 0 Å². The summed E-state index contributed by atoms with van der Waals surface area (Å²) in [5.41, 5.74) is 0. The standard InChI is InChI=1S/Bi.H3O4P.Pb.Rb.3H/c;1-5(2,3)4;;;;;/h;(H3,1,2,3,4);;;;;/q;;+2;+1;;;/p-3. The Hall–Kier alpha value is 3.72. The summed E-state index contributed by atoms with van der Waals surface area (Å²) >= 11 is 0. The first kappa shape index (κ1) is 22.6. The van der Waals surface area contributed by atoms with Crippen molar-refractivity contribution >= 4 is 61.3 Å². The molecule has 8 heavy (non-hydrogen) atoms. The third-order valence-electron chi connectivity index (χ3n) is 0. The molecule has 8 heteroatoms. The average molecular weight is 600 g/mol. The van der Waals surface area contributed by atoms with Crippen molar-refractivity contribution in [2.45, 2.75) is 0 Å². The van der Waals surface area contributed by atoms with E-state index in [4.69, 9.17) is 19.2 Å². The molecule has 0 aliphatic rings. The van der Waals surface area contributed by atoms with Gasteiger partial charge in [-0.15, -0.1) is 0 Å². The molecule has 0 heterocycles. The molecule has 0 bridgehead atoms. The van der Waals surface area contributed by atoms with Gasteiger partial charge in [-0.3, -0.25) is 0 Å². The van der Waals surface area contributed by atoms with Gasteiger partial charge in [-0.25, -0.2) is 0 Å². The molecule has 0 saturated carbocycles. The van der Waals surface area contributed by atoms with E-state index < -0.39 is 7.82 Å². The molecule has 0 amide bonds. The Morgan fingerprint density at radius 1 is 1.12 bits per heavy atom. The van der Waals surface area contributed by atoms with Crippen LogP contribution in [-0.2, 0) is 4.57 Å². The van der Waals surface area contributed by atoms with E-state index in [2.05, 4.69) is 0 Å². The molecule has 0 aromatic rings. The molecule has 0 aromatic carbocycles. The third kappa shape index (κ3) is 53.4. The summed E-state index contributed by atoms with van der Waals surface area (Å²) in [5, 5.41) is 0. The van der Waals surface area contributed by atoms with Crippen LogP contribution in [0.15, 0.2) is 0 Å². The van der Waals surface area contributed by atoms with Crippen LogP contribution < -0.4 is 72.9 Å². The summed E-state index contributed by atoms with van der Waals surface area (Å²) < 4.78 is 8.55. The second-order valence-electron chi connectivity index (χ2n) is 0.447.